The van der Waals surface area contributed by atoms with E-state index in [4.69, 9.17) is 4.74 Å². The molecule has 2 aromatic carbocycles. The molecular formula is C17H17F3N2O2. The van der Waals surface area contributed by atoms with Gasteiger partial charge in [0.15, 0.2) is 0 Å². The Balaban J connectivity index is 2.06. The Hall–Kier alpha value is -2.70. The summed E-state index contributed by atoms with van der Waals surface area (Å²) in [6.07, 6.45) is -4.42. The molecule has 2 rings (SSSR count). The van der Waals surface area contributed by atoms with Crippen LogP contribution in [0.25, 0.3) is 0 Å². The number of hydrogen-bond donors (Lipinski definition) is 2. The van der Waals surface area contributed by atoms with Gasteiger partial charge in [-0.3, -0.25) is 0 Å². The van der Waals surface area contributed by atoms with E-state index < -0.39 is 23.8 Å². The largest absolute Gasteiger partial charge is 0.495 e. The number of carbonyl (C=O) groups excluding carboxylic acids is 1. The highest BCUT2D eigenvalue weighted by Crippen LogP contribution is 2.30. The fourth-order valence-corrected chi connectivity index (χ4v) is 2.17. The molecule has 0 saturated heterocycles. The van der Waals surface area contributed by atoms with Crippen LogP contribution in [0, 0.1) is 0 Å². The summed E-state index contributed by atoms with van der Waals surface area (Å²) in [5.74, 6) is 0.486. The molecule has 0 saturated carbocycles. The van der Waals surface area contributed by atoms with Crippen molar-refractivity contribution in [2.75, 3.05) is 12.4 Å². The second-order valence-electron chi connectivity index (χ2n) is 5.14. The Bertz CT molecular complexity index is 717. The van der Waals surface area contributed by atoms with E-state index in [0.717, 1.165) is 12.1 Å². The highest BCUT2D eigenvalue weighted by Gasteiger charge is 2.30. The predicted octanol–water partition coefficient (Wildman–Crippen LogP) is 4.60. The summed E-state index contributed by atoms with van der Waals surface area (Å²) in [5, 5.41) is 5.21. The summed E-state index contributed by atoms with van der Waals surface area (Å²) in [7, 11) is 1.48. The van der Waals surface area contributed by atoms with Crippen molar-refractivity contribution in [1.29, 1.82) is 0 Å². The van der Waals surface area contributed by atoms with Gasteiger partial charge in [0.2, 0.25) is 0 Å². The molecule has 1 atom stereocenters. The molecule has 0 radical (unpaired) electrons. The van der Waals surface area contributed by atoms with Crippen molar-refractivity contribution < 1.29 is 22.7 Å². The Morgan fingerprint density at radius 3 is 2.50 bits per heavy atom. The molecule has 2 amide bonds. The maximum absolute atomic E-state index is 12.8. The third-order valence-electron chi connectivity index (χ3n) is 3.42. The molecule has 0 aliphatic carbocycles. The number of urea groups is 1. The van der Waals surface area contributed by atoms with Gasteiger partial charge in [-0.25, -0.2) is 4.79 Å². The van der Waals surface area contributed by atoms with Gasteiger partial charge < -0.3 is 15.4 Å². The van der Waals surface area contributed by atoms with Crippen LogP contribution in [0.3, 0.4) is 0 Å². The number of nitrogens with one attached hydrogen (secondary N) is 2. The van der Waals surface area contributed by atoms with E-state index in [0.29, 0.717) is 17.0 Å². The first-order chi connectivity index (χ1) is 11.3. The highest BCUT2D eigenvalue weighted by molar-refractivity contribution is 5.91. The first kappa shape index (κ1) is 17.7. The third-order valence-corrected chi connectivity index (χ3v) is 3.42. The molecule has 0 spiro atoms. The number of halogens is 3. The van der Waals surface area contributed by atoms with E-state index in [2.05, 4.69) is 10.6 Å². The number of anilines is 1. The fraction of sp³-hybridized carbons (Fsp3) is 0.235. The molecule has 128 valence electrons. The highest BCUT2D eigenvalue weighted by atomic mass is 19.4. The first-order valence-corrected chi connectivity index (χ1v) is 7.19. The Morgan fingerprint density at radius 1 is 1.12 bits per heavy atom. The normalized spacial score (nSPS) is 12.4. The van der Waals surface area contributed by atoms with E-state index in [1.54, 1.807) is 31.2 Å². The molecule has 7 heteroatoms. The molecule has 0 bridgehead atoms. The summed E-state index contributed by atoms with van der Waals surface area (Å²) in [6, 6.07) is 10.6. The average Bonchev–Trinajstić information content (AvgIpc) is 2.54. The van der Waals surface area contributed by atoms with Gasteiger partial charge in [0.1, 0.15) is 5.75 Å². The summed E-state index contributed by atoms with van der Waals surface area (Å²) in [6.45, 7) is 1.61. The second-order valence-corrected chi connectivity index (χ2v) is 5.14. The van der Waals surface area contributed by atoms with Crippen LogP contribution in [-0.2, 0) is 6.18 Å². The fourth-order valence-electron chi connectivity index (χ4n) is 2.17. The molecule has 0 aliphatic heterocycles. The molecule has 24 heavy (non-hydrogen) atoms. The van der Waals surface area contributed by atoms with Crippen molar-refractivity contribution in [2.45, 2.75) is 19.1 Å². The van der Waals surface area contributed by atoms with E-state index >= 15 is 0 Å². The molecule has 1 unspecified atom stereocenters. The number of benzene rings is 2. The maximum Gasteiger partial charge on any atom is 0.416 e. The Labute approximate surface area is 137 Å². The molecular weight excluding hydrogens is 321 g/mol. The number of rotatable bonds is 4. The van der Waals surface area contributed by atoms with E-state index in [1.165, 1.54) is 19.2 Å². The number of amides is 2. The van der Waals surface area contributed by atoms with E-state index in [-0.39, 0.29) is 0 Å². The monoisotopic (exact) mass is 338 g/mol. The van der Waals surface area contributed by atoms with Crippen LogP contribution < -0.4 is 15.4 Å². The van der Waals surface area contributed by atoms with Crippen molar-refractivity contribution in [3.8, 4) is 5.75 Å². The zero-order valence-electron chi connectivity index (χ0n) is 13.1. The molecule has 4 nitrogen and oxygen atoms in total. The summed E-state index contributed by atoms with van der Waals surface area (Å²) >= 11 is 0. The minimum atomic E-state index is -4.42. The van der Waals surface area contributed by atoms with Crippen LogP contribution in [0.15, 0.2) is 48.5 Å². The minimum Gasteiger partial charge on any atom is -0.495 e. The zero-order valence-corrected chi connectivity index (χ0v) is 13.1. The van der Waals surface area contributed by atoms with Gasteiger partial charge in [-0.15, -0.1) is 0 Å². The van der Waals surface area contributed by atoms with Gasteiger partial charge in [0.05, 0.1) is 24.4 Å². The smallest absolute Gasteiger partial charge is 0.416 e. The van der Waals surface area contributed by atoms with Gasteiger partial charge in [0, 0.05) is 0 Å². The quantitative estimate of drug-likeness (QED) is 0.856. The van der Waals surface area contributed by atoms with Crippen LogP contribution in [0.1, 0.15) is 24.1 Å². The SMILES string of the molecule is COc1ccccc1NC(=O)NC(C)c1cccc(C(F)(F)F)c1. The number of methoxy groups -OCH3 is 1. The molecule has 0 aliphatic rings. The number of alkyl halides is 3. The van der Waals surface area contributed by atoms with Crippen molar-refractivity contribution in [1.82, 2.24) is 5.32 Å². The van der Waals surface area contributed by atoms with Crippen LogP contribution in [0.4, 0.5) is 23.7 Å². The van der Waals surface area contributed by atoms with Gasteiger partial charge in [0.25, 0.3) is 0 Å². The zero-order chi connectivity index (χ0) is 17.7. The van der Waals surface area contributed by atoms with E-state index in [9.17, 15) is 18.0 Å². The summed E-state index contributed by atoms with van der Waals surface area (Å²) in [4.78, 5) is 12.0. The van der Waals surface area contributed by atoms with Crippen molar-refractivity contribution in [2.24, 2.45) is 0 Å². The topological polar surface area (TPSA) is 50.4 Å². The lowest BCUT2D eigenvalue weighted by molar-refractivity contribution is -0.137. The van der Waals surface area contributed by atoms with Gasteiger partial charge >= 0.3 is 12.2 Å². The first-order valence-electron chi connectivity index (χ1n) is 7.19. The number of carbonyl (C=O) groups is 1. The number of ether oxygens (including phenoxy) is 1. The van der Waals surface area contributed by atoms with Gasteiger partial charge in [-0.05, 0) is 36.8 Å². The third kappa shape index (κ3) is 4.41. The lowest BCUT2D eigenvalue weighted by Gasteiger charge is -2.17. The average molecular weight is 338 g/mol. The lowest BCUT2D eigenvalue weighted by Crippen LogP contribution is -2.31. The van der Waals surface area contributed by atoms with Gasteiger partial charge in [-0.1, -0.05) is 24.3 Å². The Morgan fingerprint density at radius 2 is 1.83 bits per heavy atom. The van der Waals surface area contributed by atoms with Gasteiger partial charge in [-0.2, -0.15) is 13.2 Å². The van der Waals surface area contributed by atoms with Crippen LogP contribution in [0.2, 0.25) is 0 Å². The minimum absolute atomic E-state index is 0.361. The predicted molar refractivity (Wildman–Crippen MR) is 85.0 cm³/mol. The standard InChI is InChI=1S/C17H17F3N2O2/c1-11(12-6-5-7-13(10-12)17(18,19)20)21-16(23)22-14-8-3-4-9-15(14)24-2/h3-11H,1-2H3,(H2,21,22,23). The Kier molecular flexibility index (Phi) is 5.33. The molecule has 2 aromatic rings. The molecule has 0 aromatic heterocycles. The molecule has 0 heterocycles. The van der Waals surface area contributed by atoms with Crippen molar-refractivity contribution in [3.05, 3.63) is 59.7 Å². The maximum atomic E-state index is 12.8. The lowest BCUT2D eigenvalue weighted by atomic mass is 10.1. The van der Waals surface area contributed by atoms with Crippen molar-refractivity contribution in [3.63, 3.8) is 0 Å². The molecule has 2 N–H and O–H groups in total. The number of hydrogen-bond acceptors (Lipinski definition) is 2. The van der Waals surface area contributed by atoms with Crippen LogP contribution in [-0.4, -0.2) is 13.1 Å². The second kappa shape index (κ2) is 7.25. The summed E-state index contributed by atoms with van der Waals surface area (Å²) in [5.41, 5.74) is 0.0764. The van der Waals surface area contributed by atoms with Crippen LogP contribution >= 0.6 is 0 Å². The number of para-hydroxylation sites is 2. The van der Waals surface area contributed by atoms with Crippen LogP contribution in [0.5, 0.6) is 5.75 Å². The van der Waals surface area contributed by atoms with E-state index in [1.807, 2.05) is 0 Å². The molecule has 0 fully saturated rings. The summed E-state index contributed by atoms with van der Waals surface area (Å²) < 4.78 is 43.4. The van der Waals surface area contributed by atoms with Crippen molar-refractivity contribution >= 4 is 11.7 Å².